The third-order valence-corrected chi connectivity index (χ3v) is 5.00. The van der Waals surface area contributed by atoms with Gasteiger partial charge in [-0.1, -0.05) is 71.8 Å². The van der Waals surface area contributed by atoms with Gasteiger partial charge >= 0.3 is 0 Å². The minimum Gasteiger partial charge on any atom is -0.490 e. The summed E-state index contributed by atoms with van der Waals surface area (Å²) in [4.78, 5) is 0. The molecule has 3 aromatic rings. The number of aryl methyl sites for hydroxylation is 1. The molecule has 1 unspecified atom stereocenters. The summed E-state index contributed by atoms with van der Waals surface area (Å²) >= 11 is 6.52. The zero-order valence-electron chi connectivity index (χ0n) is 17.4. The molecule has 4 nitrogen and oxygen atoms in total. The molecule has 0 fully saturated rings. The van der Waals surface area contributed by atoms with Crippen LogP contribution < -0.4 is 14.8 Å². The molecule has 158 valence electrons. The summed E-state index contributed by atoms with van der Waals surface area (Å²) in [5.41, 5.74) is 4.13. The van der Waals surface area contributed by atoms with E-state index in [9.17, 15) is 5.11 Å². The number of hydrogen-bond donors (Lipinski definition) is 2. The number of ether oxygens (including phenoxy) is 2. The van der Waals surface area contributed by atoms with E-state index >= 15 is 0 Å². The molecule has 3 aromatic carbocycles. The van der Waals surface area contributed by atoms with Crippen molar-refractivity contribution >= 4 is 11.6 Å². The molecule has 0 saturated carbocycles. The maximum absolute atomic E-state index is 10.3. The Morgan fingerprint density at radius 2 is 1.70 bits per heavy atom. The molecular weight excluding hydrogens is 398 g/mol. The average Bonchev–Trinajstić information content (AvgIpc) is 2.75. The molecule has 0 amide bonds. The molecule has 0 radical (unpaired) electrons. The largest absolute Gasteiger partial charge is 0.490 e. The van der Waals surface area contributed by atoms with E-state index in [0.717, 1.165) is 16.7 Å². The lowest BCUT2D eigenvalue weighted by Gasteiger charge is -2.16. The molecule has 5 heteroatoms. The fourth-order valence-corrected chi connectivity index (χ4v) is 3.40. The smallest absolute Gasteiger partial charge is 0.180 e. The number of rotatable bonds is 10. The van der Waals surface area contributed by atoms with Crippen molar-refractivity contribution in [2.45, 2.75) is 33.1 Å². The molecule has 0 aliphatic rings. The van der Waals surface area contributed by atoms with Gasteiger partial charge in [-0.2, -0.15) is 0 Å². The van der Waals surface area contributed by atoms with Crippen molar-refractivity contribution in [1.82, 2.24) is 5.32 Å². The molecule has 0 aromatic heterocycles. The number of benzene rings is 3. The normalized spacial score (nSPS) is 11.9. The first-order chi connectivity index (χ1) is 14.6. The van der Waals surface area contributed by atoms with Crippen molar-refractivity contribution in [2.75, 3.05) is 13.2 Å². The first-order valence-corrected chi connectivity index (χ1v) is 10.5. The van der Waals surface area contributed by atoms with Gasteiger partial charge in [-0.3, -0.25) is 0 Å². The highest BCUT2D eigenvalue weighted by Gasteiger charge is 2.14. The first-order valence-electron chi connectivity index (χ1n) is 10.1. The summed E-state index contributed by atoms with van der Waals surface area (Å²) in [5, 5.41) is 14.1. The van der Waals surface area contributed by atoms with Crippen LogP contribution in [0.5, 0.6) is 11.5 Å². The zero-order valence-corrected chi connectivity index (χ0v) is 18.2. The zero-order chi connectivity index (χ0) is 21.3. The Morgan fingerprint density at radius 3 is 2.40 bits per heavy atom. The standard InChI is InChI=1S/C25H28ClNO3/c1-3-29-24-14-20(15-27-16-23(28)21-7-5-4-6-8-21)13-22(26)25(24)30-17-19-11-9-18(2)10-12-19/h4-14,23,27-28H,3,15-17H2,1-2H3. The van der Waals surface area contributed by atoms with Crippen LogP contribution in [0.2, 0.25) is 5.02 Å². The monoisotopic (exact) mass is 425 g/mol. The van der Waals surface area contributed by atoms with E-state index in [2.05, 4.69) is 24.4 Å². The molecule has 0 aliphatic heterocycles. The highest BCUT2D eigenvalue weighted by atomic mass is 35.5. The second-order valence-electron chi connectivity index (χ2n) is 7.17. The minimum atomic E-state index is -0.565. The summed E-state index contributed by atoms with van der Waals surface area (Å²) in [7, 11) is 0. The summed E-state index contributed by atoms with van der Waals surface area (Å²) in [5.74, 6) is 1.17. The van der Waals surface area contributed by atoms with E-state index in [1.165, 1.54) is 5.56 Å². The van der Waals surface area contributed by atoms with Crippen molar-refractivity contribution in [3.05, 3.63) is 94.0 Å². The van der Waals surface area contributed by atoms with Crippen LogP contribution in [-0.4, -0.2) is 18.3 Å². The number of aliphatic hydroxyl groups excluding tert-OH is 1. The Hall–Kier alpha value is -2.53. The third kappa shape index (κ3) is 6.23. The molecular formula is C25H28ClNO3. The first kappa shape index (κ1) is 22.2. The van der Waals surface area contributed by atoms with Gasteiger partial charge < -0.3 is 19.9 Å². The fourth-order valence-electron chi connectivity index (χ4n) is 3.11. The van der Waals surface area contributed by atoms with Gasteiger partial charge in [0, 0.05) is 13.1 Å². The molecule has 30 heavy (non-hydrogen) atoms. The Bertz CT molecular complexity index is 929. The number of nitrogens with one attached hydrogen (secondary N) is 1. The predicted octanol–water partition coefficient (Wildman–Crippen LogP) is 5.45. The number of halogens is 1. The summed E-state index contributed by atoms with van der Waals surface area (Å²) in [6.07, 6.45) is -0.565. The Balaban J connectivity index is 1.64. The molecule has 0 saturated heterocycles. The predicted molar refractivity (Wildman–Crippen MR) is 121 cm³/mol. The molecule has 2 N–H and O–H groups in total. The van der Waals surface area contributed by atoms with Gasteiger partial charge in [-0.05, 0) is 42.7 Å². The second kappa shape index (κ2) is 11.0. The van der Waals surface area contributed by atoms with E-state index in [-0.39, 0.29) is 0 Å². The summed E-state index contributed by atoms with van der Waals surface area (Å²) < 4.78 is 11.8. The van der Waals surface area contributed by atoms with Gasteiger partial charge in [-0.25, -0.2) is 0 Å². The van der Waals surface area contributed by atoms with Crippen molar-refractivity contribution < 1.29 is 14.6 Å². The molecule has 0 bridgehead atoms. The van der Waals surface area contributed by atoms with Crippen molar-refractivity contribution in [3.63, 3.8) is 0 Å². The highest BCUT2D eigenvalue weighted by molar-refractivity contribution is 6.32. The van der Waals surface area contributed by atoms with Crippen LogP contribution in [-0.2, 0) is 13.2 Å². The van der Waals surface area contributed by atoms with Crippen LogP contribution in [0.4, 0.5) is 0 Å². The van der Waals surface area contributed by atoms with Gasteiger partial charge in [0.2, 0.25) is 0 Å². The summed E-state index contributed by atoms with van der Waals surface area (Å²) in [6.45, 7) is 5.92. The van der Waals surface area contributed by atoms with Gasteiger partial charge in [0.05, 0.1) is 17.7 Å². The van der Waals surface area contributed by atoms with Crippen molar-refractivity contribution in [1.29, 1.82) is 0 Å². The van der Waals surface area contributed by atoms with Crippen LogP contribution in [0.1, 0.15) is 35.3 Å². The van der Waals surface area contributed by atoms with Crippen LogP contribution in [0.3, 0.4) is 0 Å². The van der Waals surface area contributed by atoms with E-state index in [4.69, 9.17) is 21.1 Å². The van der Waals surface area contributed by atoms with E-state index < -0.39 is 6.10 Å². The van der Waals surface area contributed by atoms with Gasteiger partial charge in [0.15, 0.2) is 11.5 Å². The SMILES string of the molecule is CCOc1cc(CNCC(O)c2ccccc2)cc(Cl)c1OCc1ccc(C)cc1. The highest BCUT2D eigenvalue weighted by Crippen LogP contribution is 2.37. The van der Waals surface area contributed by atoms with E-state index in [1.54, 1.807) is 0 Å². The number of aliphatic hydroxyl groups is 1. The van der Waals surface area contributed by atoms with Crippen molar-refractivity contribution in [3.8, 4) is 11.5 Å². The molecule has 0 heterocycles. The van der Waals surface area contributed by atoms with E-state index in [1.807, 2.05) is 61.5 Å². The maximum Gasteiger partial charge on any atom is 0.180 e. The molecule has 1 atom stereocenters. The fraction of sp³-hybridized carbons (Fsp3) is 0.280. The van der Waals surface area contributed by atoms with Crippen LogP contribution in [0.15, 0.2) is 66.7 Å². The molecule has 3 rings (SSSR count). The lowest BCUT2D eigenvalue weighted by atomic mass is 10.1. The van der Waals surface area contributed by atoms with E-state index in [0.29, 0.717) is 42.8 Å². The maximum atomic E-state index is 10.3. The molecule has 0 spiro atoms. The lowest BCUT2D eigenvalue weighted by Crippen LogP contribution is -2.21. The Morgan fingerprint density at radius 1 is 0.967 bits per heavy atom. The average molecular weight is 426 g/mol. The molecule has 0 aliphatic carbocycles. The van der Waals surface area contributed by atoms with Crippen LogP contribution >= 0.6 is 11.6 Å². The third-order valence-electron chi connectivity index (χ3n) is 4.72. The second-order valence-corrected chi connectivity index (χ2v) is 7.58. The van der Waals surface area contributed by atoms with Crippen molar-refractivity contribution in [2.24, 2.45) is 0 Å². The quantitative estimate of drug-likeness (QED) is 0.453. The minimum absolute atomic E-state index is 0.418. The van der Waals surface area contributed by atoms with Gasteiger partial charge in [0.25, 0.3) is 0 Å². The lowest BCUT2D eigenvalue weighted by molar-refractivity contribution is 0.174. The Labute approximate surface area is 183 Å². The Kier molecular flexibility index (Phi) is 8.14. The summed E-state index contributed by atoms with van der Waals surface area (Å²) in [6, 6.07) is 21.6. The topological polar surface area (TPSA) is 50.7 Å². The van der Waals surface area contributed by atoms with Gasteiger partial charge in [-0.15, -0.1) is 0 Å². The van der Waals surface area contributed by atoms with Gasteiger partial charge in [0.1, 0.15) is 6.61 Å². The number of hydrogen-bond acceptors (Lipinski definition) is 4. The van der Waals surface area contributed by atoms with Crippen LogP contribution in [0, 0.1) is 6.92 Å². The van der Waals surface area contributed by atoms with Crippen LogP contribution in [0.25, 0.3) is 0 Å².